The first kappa shape index (κ1) is 25.5. The number of hydrogen-bond acceptors (Lipinski definition) is 9. The number of aromatic nitrogens is 1. The molecule has 3 unspecified atom stereocenters. The van der Waals surface area contributed by atoms with Crippen molar-refractivity contribution in [3.63, 3.8) is 0 Å². The van der Waals surface area contributed by atoms with Crippen LogP contribution in [0.5, 0.6) is 0 Å². The predicted octanol–water partition coefficient (Wildman–Crippen LogP) is -2.97. The van der Waals surface area contributed by atoms with Gasteiger partial charge in [0.25, 0.3) is 5.91 Å². The molecule has 1 aromatic heterocycles. The largest absolute Gasteiger partial charge is 1.00 e. The van der Waals surface area contributed by atoms with E-state index in [1.807, 2.05) is 25.7 Å². The summed E-state index contributed by atoms with van der Waals surface area (Å²) < 4.78 is 0. The van der Waals surface area contributed by atoms with Crippen molar-refractivity contribution < 1.29 is 54.2 Å². The first-order valence-electron chi connectivity index (χ1n) is 10.2. The summed E-state index contributed by atoms with van der Waals surface area (Å²) in [7, 11) is 0. The fraction of sp³-hybridized carbons (Fsp3) is 0.600. The number of β-lactam (4-membered cyclic amide) rings is 1. The summed E-state index contributed by atoms with van der Waals surface area (Å²) >= 11 is 2.86. The van der Waals surface area contributed by atoms with Crippen LogP contribution in [-0.4, -0.2) is 69.3 Å². The predicted molar refractivity (Wildman–Crippen MR) is 115 cm³/mol. The van der Waals surface area contributed by atoms with Gasteiger partial charge >= 0.3 is 29.6 Å². The molecule has 4 atom stereocenters. The van der Waals surface area contributed by atoms with E-state index in [2.05, 4.69) is 10.3 Å². The van der Waals surface area contributed by atoms with Gasteiger partial charge in [-0.3, -0.25) is 9.59 Å². The fourth-order valence-electron chi connectivity index (χ4n) is 4.37. The van der Waals surface area contributed by atoms with Gasteiger partial charge in [0.05, 0.1) is 29.7 Å². The molecular formula is C20H25N4NaO5S2. The number of hydrogen-bond donors (Lipinski definition) is 2. The van der Waals surface area contributed by atoms with E-state index in [0.717, 1.165) is 5.13 Å². The van der Waals surface area contributed by atoms with Crippen molar-refractivity contribution in [2.45, 2.75) is 51.1 Å². The normalized spacial score (nSPS) is 25.8. The Hall–Kier alpha value is -1.11. The number of amides is 2. The second-order valence-corrected chi connectivity index (χ2v) is 10.7. The van der Waals surface area contributed by atoms with Crippen LogP contribution in [0.4, 0.5) is 5.13 Å². The Morgan fingerprint density at radius 3 is 2.56 bits per heavy atom. The third-order valence-corrected chi connectivity index (χ3v) is 8.21. The Labute approximate surface area is 216 Å². The number of aliphatic hydroxyl groups is 1. The maximum absolute atomic E-state index is 12.4. The third-order valence-electron chi connectivity index (χ3n) is 5.86. The first-order chi connectivity index (χ1) is 14.6. The van der Waals surface area contributed by atoms with Gasteiger partial charge < -0.3 is 30.1 Å². The number of anilines is 1. The Morgan fingerprint density at radius 1 is 1.34 bits per heavy atom. The van der Waals surface area contributed by atoms with Crippen molar-refractivity contribution in [3.05, 3.63) is 21.7 Å². The molecular weight excluding hydrogens is 463 g/mol. The molecule has 3 aliphatic rings. The topological polar surface area (TPSA) is 126 Å². The minimum atomic E-state index is -1.36. The van der Waals surface area contributed by atoms with Crippen molar-refractivity contribution in [1.29, 1.82) is 0 Å². The van der Waals surface area contributed by atoms with Crippen molar-refractivity contribution in [1.82, 2.24) is 15.2 Å². The van der Waals surface area contributed by atoms with Gasteiger partial charge in [-0.25, -0.2) is 4.98 Å². The standard InChI is InChI=1S/C20H26N4O5S2.Na/c1-8(2)21-17(26)12-7-30-20(22-12)23-5-11(6-23)31-16-9(3)14-13(10(4)25)18(27)24(14)15(16)19(28)29;/h7-11,13-14,25H,5-6H2,1-4H3,(H,21,26)(H,28,29);/q;+1/p-1/t9-,10?,13?,14?;/m1./s1. The van der Waals surface area contributed by atoms with Crippen molar-refractivity contribution >= 4 is 46.0 Å². The van der Waals surface area contributed by atoms with Crippen LogP contribution in [0.15, 0.2) is 16.0 Å². The molecule has 0 radical (unpaired) electrons. The van der Waals surface area contributed by atoms with Crippen LogP contribution in [0.25, 0.3) is 0 Å². The molecule has 0 aromatic carbocycles. The molecule has 4 rings (SSSR count). The number of nitrogens with zero attached hydrogens (tertiary/aromatic N) is 3. The summed E-state index contributed by atoms with van der Waals surface area (Å²) in [5, 5.41) is 27.2. The third kappa shape index (κ3) is 4.35. The van der Waals surface area contributed by atoms with E-state index in [1.165, 1.54) is 28.0 Å². The second kappa shape index (κ2) is 9.63. The van der Waals surface area contributed by atoms with Gasteiger partial charge in [0.15, 0.2) is 5.13 Å². The van der Waals surface area contributed by atoms with Gasteiger partial charge in [0.2, 0.25) is 5.91 Å². The van der Waals surface area contributed by atoms with E-state index in [4.69, 9.17) is 0 Å². The number of nitrogens with one attached hydrogen (secondary N) is 1. The molecule has 32 heavy (non-hydrogen) atoms. The number of aliphatic carboxylic acids is 1. The average molecular weight is 489 g/mol. The monoisotopic (exact) mass is 488 g/mol. The number of carbonyl (C=O) groups is 3. The summed E-state index contributed by atoms with van der Waals surface area (Å²) in [4.78, 5) is 44.7. The van der Waals surface area contributed by atoms with E-state index in [9.17, 15) is 24.6 Å². The van der Waals surface area contributed by atoms with Crippen molar-refractivity contribution in [2.24, 2.45) is 11.8 Å². The summed E-state index contributed by atoms with van der Waals surface area (Å²) in [6.45, 7) is 8.57. The molecule has 2 fully saturated rings. The molecule has 168 valence electrons. The molecule has 0 bridgehead atoms. The summed E-state index contributed by atoms with van der Waals surface area (Å²) in [5.74, 6) is -2.66. The minimum absolute atomic E-state index is 0. The quantitative estimate of drug-likeness (QED) is 0.308. The minimum Gasteiger partial charge on any atom is -0.543 e. The van der Waals surface area contributed by atoms with E-state index in [0.29, 0.717) is 23.7 Å². The van der Waals surface area contributed by atoms with Crippen molar-refractivity contribution in [3.8, 4) is 0 Å². The molecule has 2 N–H and O–H groups in total. The Kier molecular flexibility index (Phi) is 7.68. The van der Waals surface area contributed by atoms with Crippen LogP contribution < -0.4 is 44.9 Å². The smallest absolute Gasteiger partial charge is 0.543 e. The Morgan fingerprint density at radius 2 is 2.00 bits per heavy atom. The van der Waals surface area contributed by atoms with Crippen molar-refractivity contribution in [2.75, 3.05) is 18.0 Å². The number of fused-ring (bicyclic) bond motifs is 1. The number of aliphatic hydroxyl groups excluding tert-OH is 1. The Bertz CT molecular complexity index is 960. The summed E-state index contributed by atoms with van der Waals surface area (Å²) in [6, 6.07) is -0.298. The van der Waals surface area contributed by atoms with Crippen LogP contribution in [0.1, 0.15) is 38.2 Å². The van der Waals surface area contributed by atoms with Crippen LogP contribution in [0, 0.1) is 11.8 Å². The molecule has 12 heteroatoms. The number of thiazole rings is 1. The van der Waals surface area contributed by atoms with Gasteiger partial charge in [-0.1, -0.05) is 6.92 Å². The van der Waals surface area contributed by atoms with Crippen LogP contribution in [-0.2, 0) is 9.59 Å². The zero-order valence-corrected chi connectivity index (χ0v) is 22.3. The van der Waals surface area contributed by atoms with Gasteiger partial charge in [0.1, 0.15) is 5.69 Å². The van der Waals surface area contributed by atoms with Gasteiger partial charge in [0, 0.05) is 40.6 Å². The van der Waals surface area contributed by atoms with Crippen LogP contribution in [0.3, 0.4) is 0 Å². The molecule has 4 heterocycles. The van der Waals surface area contributed by atoms with Crippen LogP contribution in [0.2, 0.25) is 0 Å². The van der Waals surface area contributed by atoms with Gasteiger partial charge in [-0.2, -0.15) is 0 Å². The van der Waals surface area contributed by atoms with Gasteiger partial charge in [-0.05, 0) is 20.8 Å². The molecule has 0 spiro atoms. The van der Waals surface area contributed by atoms with E-state index in [1.54, 1.807) is 12.3 Å². The average Bonchev–Trinajstić information content (AvgIpc) is 3.19. The number of carboxylic acids is 1. The van der Waals surface area contributed by atoms with E-state index >= 15 is 0 Å². The summed E-state index contributed by atoms with van der Waals surface area (Å²) in [6.07, 6.45) is -0.824. The number of rotatable bonds is 7. The molecule has 1 aromatic rings. The summed E-state index contributed by atoms with van der Waals surface area (Å²) in [5.41, 5.74) is 0.341. The van der Waals surface area contributed by atoms with Crippen LogP contribution >= 0.6 is 23.1 Å². The van der Waals surface area contributed by atoms with Gasteiger partial charge in [-0.15, -0.1) is 23.1 Å². The maximum atomic E-state index is 12.4. The molecule has 0 saturated carbocycles. The fourth-order valence-corrected chi connectivity index (χ4v) is 6.71. The number of carboxylic acid groups (broad SMARTS) is 1. The maximum Gasteiger partial charge on any atom is 1.00 e. The van der Waals surface area contributed by atoms with E-state index in [-0.39, 0.29) is 70.3 Å². The molecule has 2 amide bonds. The zero-order valence-electron chi connectivity index (χ0n) is 18.7. The molecule has 9 nitrogen and oxygen atoms in total. The molecule has 2 saturated heterocycles. The SMILES string of the molecule is CC(C)NC(=O)c1csc(N2CC(SC3=C(C(=O)[O-])N4C(=O)C(C(C)O)C4[C@H]3C)C2)n1.[Na+]. The number of thioether (sulfide) groups is 1. The second-order valence-electron chi connectivity index (χ2n) is 8.54. The first-order valence-corrected chi connectivity index (χ1v) is 12.0. The van der Waals surface area contributed by atoms with E-state index < -0.39 is 18.0 Å². The molecule has 3 aliphatic heterocycles. The number of carbonyl (C=O) groups excluding carboxylic acids is 3. The zero-order chi connectivity index (χ0) is 22.6. The molecule has 0 aliphatic carbocycles. The Balaban J connectivity index is 0.00000289.